The summed E-state index contributed by atoms with van der Waals surface area (Å²) in [4.78, 5) is 5.25. The highest BCUT2D eigenvalue weighted by Crippen LogP contribution is 2.38. The molecule has 0 bridgehead atoms. The van der Waals surface area contributed by atoms with Crippen molar-refractivity contribution in [2.45, 2.75) is 0 Å². The highest BCUT2D eigenvalue weighted by molar-refractivity contribution is 6.24. The molecule has 5 aromatic carbocycles. The van der Waals surface area contributed by atoms with Crippen molar-refractivity contribution in [2.24, 2.45) is 0 Å². The summed E-state index contributed by atoms with van der Waals surface area (Å²) in [7, 11) is 0. The molecule has 0 atom stereocenters. The number of nitrogens with zero attached hydrogens (tertiary/aromatic N) is 1. The Bertz CT molecular complexity index is 1500. The highest BCUT2D eigenvalue weighted by atomic mass is 14.7. The predicted octanol–water partition coefficient (Wildman–Crippen LogP) is 7.36. The van der Waals surface area contributed by atoms with Crippen LogP contribution in [0.25, 0.3) is 54.5 Å². The molecule has 0 aliphatic carbocycles. The Hall–Kier alpha value is -3.71. The van der Waals surface area contributed by atoms with Crippen LogP contribution in [0.2, 0.25) is 0 Å². The fourth-order valence-electron chi connectivity index (χ4n) is 4.32. The molecule has 0 N–H and O–H groups in total. The van der Waals surface area contributed by atoms with Gasteiger partial charge in [-0.1, -0.05) is 103 Å². The van der Waals surface area contributed by atoms with Crippen molar-refractivity contribution in [3.8, 4) is 11.3 Å². The van der Waals surface area contributed by atoms with Crippen molar-refractivity contribution >= 4 is 43.2 Å². The van der Waals surface area contributed by atoms with Crippen LogP contribution in [0.15, 0.2) is 103 Å². The first-order valence-corrected chi connectivity index (χ1v) is 9.58. The maximum Gasteiger partial charge on any atom is 0.0794 e. The molecule has 1 nitrogen and oxygen atoms in total. The van der Waals surface area contributed by atoms with Gasteiger partial charge in [-0.05, 0) is 21.5 Å². The van der Waals surface area contributed by atoms with Gasteiger partial charge in [0.1, 0.15) is 0 Å². The van der Waals surface area contributed by atoms with E-state index in [1.807, 2.05) is 0 Å². The molecule has 0 radical (unpaired) electrons. The van der Waals surface area contributed by atoms with Crippen LogP contribution in [0.3, 0.4) is 0 Å². The van der Waals surface area contributed by atoms with Crippen LogP contribution < -0.4 is 0 Å². The average Bonchev–Trinajstić information content (AvgIpc) is 2.78. The van der Waals surface area contributed by atoms with Gasteiger partial charge >= 0.3 is 0 Å². The predicted molar refractivity (Wildman–Crippen MR) is 120 cm³/mol. The van der Waals surface area contributed by atoms with Crippen molar-refractivity contribution in [2.75, 3.05) is 0 Å². The van der Waals surface area contributed by atoms with Crippen LogP contribution in [0.5, 0.6) is 0 Å². The van der Waals surface area contributed by atoms with E-state index in [0.717, 1.165) is 16.8 Å². The molecule has 0 unspecified atom stereocenters. The lowest BCUT2D eigenvalue weighted by Crippen LogP contribution is -1.92. The fourth-order valence-corrected chi connectivity index (χ4v) is 4.32. The number of hydrogen-bond acceptors (Lipinski definition) is 1. The first kappa shape index (κ1) is 15.4. The molecule has 0 spiro atoms. The van der Waals surface area contributed by atoms with Gasteiger partial charge in [0.25, 0.3) is 0 Å². The Kier molecular flexibility index (Phi) is 3.24. The molecule has 130 valence electrons. The zero-order valence-corrected chi connectivity index (χ0v) is 15.3. The molecule has 0 saturated carbocycles. The zero-order chi connectivity index (χ0) is 18.5. The second-order valence-electron chi connectivity index (χ2n) is 7.22. The SMILES string of the molecule is c1ccc(-c2nc3c4ccccc4ccc3c3ccc4ccccc4c23)cc1. The van der Waals surface area contributed by atoms with E-state index in [-0.39, 0.29) is 0 Å². The smallest absolute Gasteiger partial charge is 0.0794 e. The minimum Gasteiger partial charge on any atom is -0.246 e. The Labute approximate surface area is 162 Å². The molecular formula is C27H17N. The van der Waals surface area contributed by atoms with E-state index < -0.39 is 0 Å². The van der Waals surface area contributed by atoms with Gasteiger partial charge in [0.2, 0.25) is 0 Å². The third kappa shape index (κ3) is 2.17. The molecular weight excluding hydrogens is 338 g/mol. The number of rotatable bonds is 1. The average molecular weight is 355 g/mol. The summed E-state index contributed by atoms with van der Waals surface area (Å²) in [5.74, 6) is 0. The summed E-state index contributed by atoms with van der Waals surface area (Å²) in [5.41, 5.74) is 3.27. The van der Waals surface area contributed by atoms with Gasteiger partial charge in [-0.15, -0.1) is 0 Å². The minimum atomic E-state index is 1.05. The summed E-state index contributed by atoms with van der Waals surface area (Å²) in [6.45, 7) is 0. The van der Waals surface area contributed by atoms with Crippen LogP contribution in [-0.2, 0) is 0 Å². The van der Waals surface area contributed by atoms with Crippen molar-refractivity contribution in [1.29, 1.82) is 0 Å². The number of pyridine rings is 1. The third-order valence-corrected chi connectivity index (χ3v) is 5.63. The minimum absolute atomic E-state index is 1.05. The fraction of sp³-hybridized carbons (Fsp3) is 0. The van der Waals surface area contributed by atoms with Gasteiger partial charge in [0.15, 0.2) is 0 Å². The maximum absolute atomic E-state index is 5.25. The number of fused-ring (bicyclic) bond motifs is 7. The summed E-state index contributed by atoms with van der Waals surface area (Å²) < 4.78 is 0. The summed E-state index contributed by atoms with van der Waals surface area (Å²) >= 11 is 0. The van der Waals surface area contributed by atoms with E-state index in [4.69, 9.17) is 4.98 Å². The first-order valence-electron chi connectivity index (χ1n) is 9.58. The van der Waals surface area contributed by atoms with E-state index in [9.17, 15) is 0 Å². The Morgan fingerprint density at radius 3 is 1.82 bits per heavy atom. The van der Waals surface area contributed by atoms with Crippen molar-refractivity contribution < 1.29 is 0 Å². The lowest BCUT2D eigenvalue weighted by Gasteiger charge is -2.14. The number of benzene rings is 5. The summed E-state index contributed by atoms with van der Waals surface area (Å²) in [6.07, 6.45) is 0. The standard InChI is InChI=1S/C27H17N/c1-2-10-20(11-3-1)26-25-21-12-6-4-8-18(21)14-16-23(25)24-17-15-19-9-5-7-13-22(19)27(24)28-26/h1-17H. The molecule has 1 heterocycles. The maximum atomic E-state index is 5.25. The summed E-state index contributed by atoms with van der Waals surface area (Å²) in [6, 6.07) is 36.5. The second kappa shape index (κ2) is 5.90. The lowest BCUT2D eigenvalue weighted by molar-refractivity contribution is 1.44. The Balaban J connectivity index is 1.91. The molecule has 1 heteroatoms. The monoisotopic (exact) mass is 355 g/mol. The van der Waals surface area contributed by atoms with Crippen LogP contribution in [0.1, 0.15) is 0 Å². The molecule has 0 amide bonds. The van der Waals surface area contributed by atoms with E-state index in [1.165, 1.54) is 37.7 Å². The van der Waals surface area contributed by atoms with Gasteiger partial charge in [-0.25, -0.2) is 4.98 Å². The van der Waals surface area contributed by atoms with Crippen LogP contribution in [0.4, 0.5) is 0 Å². The Morgan fingerprint density at radius 1 is 0.429 bits per heavy atom. The van der Waals surface area contributed by atoms with Crippen LogP contribution in [0, 0.1) is 0 Å². The van der Waals surface area contributed by atoms with Crippen LogP contribution in [-0.4, -0.2) is 4.98 Å². The summed E-state index contributed by atoms with van der Waals surface area (Å²) in [5, 5.41) is 8.61. The second-order valence-corrected chi connectivity index (χ2v) is 7.22. The number of aromatic nitrogens is 1. The van der Waals surface area contributed by atoms with E-state index >= 15 is 0 Å². The van der Waals surface area contributed by atoms with Crippen molar-refractivity contribution in [1.82, 2.24) is 4.98 Å². The normalized spacial score (nSPS) is 11.6. The quantitative estimate of drug-likeness (QED) is 0.281. The topological polar surface area (TPSA) is 12.9 Å². The molecule has 6 rings (SSSR count). The molecule has 6 aromatic rings. The molecule has 0 aliphatic rings. The molecule has 28 heavy (non-hydrogen) atoms. The Morgan fingerprint density at radius 2 is 1.04 bits per heavy atom. The third-order valence-electron chi connectivity index (χ3n) is 5.63. The van der Waals surface area contributed by atoms with E-state index in [2.05, 4.69) is 103 Å². The molecule has 1 aromatic heterocycles. The van der Waals surface area contributed by atoms with Gasteiger partial charge in [0, 0.05) is 21.7 Å². The van der Waals surface area contributed by atoms with Crippen molar-refractivity contribution in [3.05, 3.63) is 103 Å². The lowest BCUT2D eigenvalue weighted by atomic mass is 9.94. The van der Waals surface area contributed by atoms with E-state index in [0.29, 0.717) is 0 Å². The first-order chi connectivity index (χ1) is 13.9. The molecule has 0 aliphatic heterocycles. The van der Waals surface area contributed by atoms with E-state index in [1.54, 1.807) is 0 Å². The number of hydrogen-bond donors (Lipinski definition) is 0. The van der Waals surface area contributed by atoms with Crippen LogP contribution >= 0.6 is 0 Å². The van der Waals surface area contributed by atoms with Crippen molar-refractivity contribution in [3.63, 3.8) is 0 Å². The highest BCUT2D eigenvalue weighted by Gasteiger charge is 2.14. The van der Waals surface area contributed by atoms with Gasteiger partial charge in [0.05, 0.1) is 11.2 Å². The van der Waals surface area contributed by atoms with Gasteiger partial charge in [-0.2, -0.15) is 0 Å². The molecule has 0 fully saturated rings. The largest absolute Gasteiger partial charge is 0.246 e. The molecule has 0 saturated heterocycles. The van der Waals surface area contributed by atoms with Gasteiger partial charge in [-0.3, -0.25) is 0 Å². The van der Waals surface area contributed by atoms with Gasteiger partial charge < -0.3 is 0 Å². The zero-order valence-electron chi connectivity index (χ0n) is 15.3.